The van der Waals surface area contributed by atoms with E-state index in [1.165, 1.54) is 11.3 Å². The summed E-state index contributed by atoms with van der Waals surface area (Å²) < 4.78 is 1.73. The maximum absolute atomic E-state index is 12.2. The van der Waals surface area contributed by atoms with Gasteiger partial charge in [-0.1, -0.05) is 12.1 Å². The molecule has 0 spiro atoms. The molecule has 0 bridgehead atoms. The Bertz CT molecular complexity index is 546. The summed E-state index contributed by atoms with van der Waals surface area (Å²) in [7, 11) is 0. The Kier molecular flexibility index (Phi) is 3.62. The highest BCUT2D eigenvalue weighted by Gasteiger charge is 2.16. The zero-order chi connectivity index (χ0) is 11.7. The van der Waals surface area contributed by atoms with Gasteiger partial charge in [0.1, 0.15) is 0 Å². The van der Waals surface area contributed by atoms with Gasteiger partial charge in [-0.2, -0.15) is 11.3 Å². The number of halogens is 2. The molecule has 0 aliphatic rings. The van der Waals surface area contributed by atoms with Gasteiger partial charge in [-0.05, 0) is 50.4 Å². The molecule has 0 atom stereocenters. The van der Waals surface area contributed by atoms with Gasteiger partial charge in [-0.25, -0.2) is 0 Å². The molecule has 0 saturated heterocycles. The molecule has 0 unspecified atom stereocenters. The maximum atomic E-state index is 12.2. The predicted molar refractivity (Wildman–Crippen MR) is 74.3 cm³/mol. The van der Waals surface area contributed by atoms with Crippen LogP contribution in [0.3, 0.4) is 0 Å². The van der Waals surface area contributed by atoms with Gasteiger partial charge in [-0.15, -0.1) is 0 Å². The molecular formula is C12H8Br2OS. The molecule has 0 radical (unpaired) electrons. The van der Waals surface area contributed by atoms with Crippen LogP contribution in [0.4, 0.5) is 0 Å². The second-order valence-corrected chi connectivity index (χ2v) is 5.79. The summed E-state index contributed by atoms with van der Waals surface area (Å²) >= 11 is 8.36. The number of hydrogen-bond donors (Lipinski definition) is 0. The summed E-state index contributed by atoms with van der Waals surface area (Å²) in [6.45, 7) is 1.98. The lowest BCUT2D eigenvalue weighted by Crippen LogP contribution is -2.02. The number of rotatable bonds is 2. The molecule has 0 aliphatic carbocycles. The Labute approximate surface area is 115 Å². The maximum Gasteiger partial charge on any atom is 0.196 e. The van der Waals surface area contributed by atoms with Crippen LogP contribution in [0.1, 0.15) is 21.5 Å². The topological polar surface area (TPSA) is 17.1 Å². The summed E-state index contributed by atoms with van der Waals surface area (Å²) in [4.78, 5) is 12.2. The van der Waals surface area contributed by atoms with Crippen LogP contribution >= 0.6 is 43.2 Å². The zero-order valence-electron chi connectivity index (χ0n) is 8.46. The average Bonchev–Trinajstić information content (AvgIpc) is 2.68. The monoisotopic (exact) mass is 358 g/mol. The summed E-state index contributed by atoms with van der Waals surface area (Å²) in [6, 6.07) is 5.71. The molecule has 0 aliphatic heterocycles. The third-order valence-corrected chi connectivity index (χ3v) is 5.05. The first-order chi connectivity index (χ1) is 7.61. The molecular weight excluding hydrogens is 352 g/mol. The van der Waals surface area contributed by atoms with Crippen molar-refractivity contribution in [2.75, 3.05) is 0 Å². The van der Waals surface area contributed by atoms with E-state index in [-0.39, 0.29) is 5.78 Å². The second-order valence-electron chi connectivity index (χ2n) is 3.40. The van der Waals surface area contributed by atoms with Crippen molar-refractivity contribution in [3.63, 3.8) is 0 Å². The van der Waals surface area contributed by atoms with Crippen molar-refractivity contribution >= 4 is 49.0 Å². The lowest BCUT2D eigenvalue weighted by Gasteiger charge is -2.05. The SMILES string of the molecule is Cc1cccc(C(=O)c2cscc2Br)c1Br. The highest BCUT2D eigenvalue weighted by molar-refractivity contribution is 9.11. The van der Waals surface area contributed by atoms with Crippen LogP contribution in [0.15, 0.2) is 37.9 Å². The van der Waals surface area contributed by atoms with E-state index in [2.05, 4.69) is 31.9 Å². The number of ketones is 1. The zero-order valence-corrected chi connectivity index (χ0v) is 12.4. The lowest BCUT2D eigenvalue weighted by atomic mass is 10.0. The fraction of sp³-hybridized carbons (Fsp3) is 0.0833. The van der Waals surface area contributed by atoms with Gasteiger partial charge in [-0.3, -0.25) is 4.79 Å². The van der Waals surface area contributed by atoms with E-state index >= 15 is 0 Å². The van der Waals surface area contributed by atoms with Crippen molar-refractivity contribution in [2.45, 2.75) is 6.92 Å². The van der Waals surface area contributed by atoms with Crippen molar-refractivity contribution < 1.29 is 4.79 Å². The van der Waals surface area contributed by atoms with E-state index in [1.54, 1.807) is 0 Å². The van der Waals surface area contributed by atoms with Gasteiger partial charge >= 0.3 is 0 Å². The Morgan fingerprint density at radius 1 is 1.19 bits per heavy atom. The molecule has 0 N–H and O–H groups in total. The van der Waals surface area contributed by atoms with Crippen molar-refractivity contribution in [1.29, 1.82) is 0 Å². The molecule has 2 rings (SSSR count). The van der Waals surface area contributed by atoms with Crippen LogP contribution < -0.4 is 0 Å². The van der Waals surface area contributed by atoms with E-state index in [1.807, 2.05) is 35.9 Å². The second kappa shape index (κ2) is 4.82. The molecule has 0 fully saturated rings. The largest absolute Gasteiger partial charge is 0.288 e. The summed E-state index contributed by atoms with van der Waals surface area (Å²) in [5, 5.41) is 3.78. The van der Waals surface area contributed by atoms with Crippen LogP contribution in [0.25, 0.3) is 0 Å². The van der Waals surface area contributed by atoms with E-state index in [9.17, 15) is 4.79 Å². The van der Waals surface area contributed by atoms with E-state index in [0.717, 1.165) is 20.1 Å². The van der Waals surface area contributed by atoms with Crippen molar-refractivity contribution in [3.05, 3.63) is 54.6 Å². The molecule has 2 aromatic rings. The highest BCUT2D eigenvalue weighted by atomic mass is 79.9. The van der Waals surface area contributed by atoms with Crippen molar-refractivity contribution in [3.8, 4) is 0 Å². The van der Waals surface area contributed by atoms with E-state index < -0.39 is 0 Å². The molecule has 82 valence electrons. The van der Waals surface area contributed by atoms with Gasteiger partial charge in [0.2, 0.25) is 0 Å². The minimum absolute atomic E-state index is 0.0451. The van der Waals surface area contributed by atoms with Gasteiger partial charge in [0.15, 0.2) is 5.78 Å². The van der Waals surface area contributed by atoms with Gasteiger partial charge in [0.25, 0.3) is 0 Å². The first-order valence-corrected chi connectivity index (χ1v) is 7.15. The van der Waals surface area contributed by atoms with Gasteiger partial charge in [0.05, 0.1) is 0 Å². The molecule has 0 saturated carbocycles. The smallest absolute Gasteiger partial charge is 0.196 e. The number of aryl methyl sites for hydroxylation is 1. The molecule has 0 amide bonds. The van der Waals surface area contributed by atoms with Crippen molar-refractivity contribution in [2.24, 2.45) is 0 Å². The first-order valence-electron chi connectivity index (χ1n) is 4.62. The summed E-state index contributed by atoms with van der Waals surface area (Å²) in [6.07, 6.45) is 0. The normalized spacial score (nSPS) is 10.4. The molecule has 1 nitrogen and oxygen atoms in total. The van der Waals surface area contributed by atoms with Crippen molar-refractivity contribution in [1.82, 2.24) is 0 Å². The van der Waals surface area contributed by atoms with Gasteiger partial charge < -0.3 is 0 Å². The Morgan fingerprint density at radius 3 is 2.56 bits per heavy atom. The number of benzene rings is 1. The minimum atomic E-state index is 0.0451. The first kappa shape index (κ1) is 12.0. The fourth-order valence-electron chi connectivity index (χ4n) is 1.41. The predicted octanol–water partition coefficient (Wildman–Crippen LogP) is 4.81. The van der Waals surface area contributed by atoms with Crippen LogP contribution in [0.5, 0.6) is 0 Å². The molecule has 1 aromatic carbocycles. The Morgan fingerprint density at radius 2 is 1.94 bits per heavy atom. The van der Waals surface area contributed by atoms with E-state index in [0.29, 0.717) is 5.56 Å². The van der Waals surface area contributed by atoms with E-state index in [4.69, 9.17) is 0 Å². The van der Waals surface area contributed by atoms with Crippen LogP contribution in [0.2, 0.25) is 0 Å². The van der Waals surface area contributed by atoms with Crippen LogP contribution in [-0.4, -0.2) is 5.78 Å². The number of carbonyl (C=O) groups is 1. The fourth-order valence-corrected chi connectivity index (χ4v) is 3.31. The molecule has 1 heterocycles. The molecule has 4 heteroatoms. The standard InChI is InChI=1S/C12H8Br2OS/c1-7-3-2-4-8(11(7)14)12(15)9-5-16-6-10(9)13/h2-6H,1H3. The average molecular weight is 360 g/mol. The molecule has 16 heavy (non-hydrogen) atoms. The number of carbonyl (C=O) groups excluding carboxylic acids is 1. The Hall–Kier alpha value is -0.450. The third kappa shape index (κ3) is 2.14. The summed E-state index contributed by atoms with van der Waals surface area (Å²) in [5.41, 5.74) is 2.49. The van der Waals surface area contributed by atoms with Crippen LogP contribution in [-0.2, 0) is 0 Å². The lowest BCUT2D eigenvalue weighted by molar-refractivity contribution is 0.103. The highest BCUT2D eigenvalue weighted by Crippen LogP contribution is 2.28. The Balaban J connectivity index is 2.50. The summed E-state index contributed by atoms with van der Waals surface area (Å²) in [5.74, 6) is 0.0451. The quantitative estimate of drug-likeness (QED) is 0.703. The minimum Gasteiger partial charge on any atom is -0.288 e. The van der Waals surface area contributed by atoms with Gasteiger partial charge in [0, 0.05) is 30.8 Å². The molecule has 1 aromatic heterocycles. The number of thiophene rings is 1. The van der Waals surface area contributed by atoms with Crippen LogP contribution in [0, 0.1) is 6.92 Å². The number of hydrogen-bond acceptors (Lipinski definition) is 2. The third-order valence-electron chi connectivity index (χ3n) is 2.30.